The number of esters is 1. The van der Waals surface area contributed by atoms with E-state index in [9.17, 15) is 18.5 Å². The number of benzene rings is 1. The lowest BCUT2D eigenvalue weighted by atomic mass is 9.98. The molecule has 0 amide bonds. The summed E-state index contributed by atoms with van der Waals surface area (Å²) in [5.74, 6) is -0.717. The summed E-state index contributed by atoms with van der Waals surface area (Å²) in [4.78, 5) is 13.1. The van der Waals surface area contributed by atoms with Gasteiger partial charge in [-0.3, -0.25) is 4.79 Å². The second kappa shape index (κ2) is 9.24. The Morgan fingerprint density at radius 1 is 1.12 bits per heavy atom. The molecule has 0 unspecified atom stereocenters. The average Bonchev–Trinajstić information content (AvgIpc) is 3.19. The van der Waals surface area contributed by atoms with Crippen molar-refractivity contribution in [1.82, 2.24) is 8.71 Å². The van der Waals surface area contributed by atoms with Gasteiger partial charge in [-0.05, 0) is 74.9 Å². The lowest BCUT2D eigenvalue weighted by Crippen LogP contribution is -2.41. The molecule has 0 bridgehead atoms. The number of fused-ring (bicyclic) bond motifs is 1. The highest BCUT2D eigenvalue weighted by Gasteiger charge is 2.35. The van der Waals surface area contributed by atoms with Crippen molar-refractivity contribution in [2.24, 2.45) is 5.92 Å². The Bertz CT molecular complexity index is 1380. The van der Waals surface area contributed by atoms with Gasteiger partial charge in [0, 0.05) is 31.0 Å². The van der Waals surface area contributed by atoms with E-state index in [-0.39, 0.29) is 31.6 Å². The third kappa shape index (κ3) is 4.22. The van der Waals surface area contributed by atoms with Crippen LogP contribution in [0.4, 0.5) is 0 Å². The van der Waals surface area contributed by atoms with Crippen LogP contribution in [-0.4, -0.2) is 36.2 Å². The number of hydrogen-bond acceptors (Lipinski definition) is 5. The maximum atomic E-state index is 13.5. The fourth-order valence-corrected chi connectivity index (χ4v) is 6.76. The van der Waals surface area contributed by atoms with Crippen molar-refractivity contribution in [1.29, 1.82) is 5.26 Å². The maximum absolute atomic E-state index is 13.5. The molecule has 0 radical (unpaired) electrons. The number of carbonyl (C=O) groups is 1. The smallest absolute Gasteiger partial charge is 0.309 e. The van der Waals surface area contributed by atoms with E-state index in [1.165, 1.54) is 4.31 Å². The lowest BCUT2D eigenvalue weighted by Gasteiger charge is -2.31. The van der Waals surface area contributed by atoms with E-state index >= 15 is 0 Å². The summed E-state index contributed by atoms with van der Waals surface area (Å²) in [5, 5.41) is 9.53. The molecule has 0 atom stereocenters. The van der Waals surface area contributed by atoms with Crippen LogP contribution in [-0.2, 0) is 26.2 Å². The minimum atomic E-state index is -3.65. The predicted octanol–water partition coefficient (Wildman–Crippen LogP) is 4.19. The van der Waals surface area contributed by atoms with Crippen LogP contribution >= 0.6 is 0 Å². The molecular weight excluding hydrogens is 450 g/mol. The first kappa shape index (κ1) is 24.0. The molecule has 0 saturated carbocycles. The molecule has 3 aromatic rings. The molecule has 8 heteroatoms. The zero-order chi connectivity index (χ0) is 24.6. The van der Waals surface area contributed by atoms with Crippen LogP contribution in [0.3, 0.4) is 0 Å². The van der Waals surface area contributed by atoms with E-state index in [0.29, 0.717) is 28.9 Å². The van der Waals surface area contributed by atoms with Gasteiger partial charge in [-0.15, -0.1) is 0 Å². The molecule has 1 saturated heterocycles. The van der Waals surface area contributed by atoms with Crippen LogP contribution in [0.1, 0.15) is 46.2 Å². The maximum Gasteiger partial charge on any atom is 0.309 e. The van der Waals surface area contributed by atoms with E-state index in [2.05, 4.69) is 6.07 Å². The van der Waals surface area contributed by atoms with Gasteiger partial charge < -0.3 is 9.14 Å². The number of sulfonamides is 1. The lowest BCUT2D eigenvalue weighted by molar-refractivity contribution is -0.151. The van der Waals surface area contributed by atoms with Crippen molar-refractivity contribution >= 4 is 21.5 Å². The van der Waals surface area contributed by atoms with E-state index in [1.807, 2.05) is 62.6 Å². The number of nitriles is 1. The fraction of sp³-hybridized carbons (Fsp3) is 0.385. The Balaban J connectivity index is 1.43. The van der Waals surface area contributed by atoms with Gasteiger partial charge in [0.25, 0.3) is 0 Å². The normalized spacial score (nSPS) is 15.4. The molecule has 3 heterocycles. The highest BCUT2D eigenvalue weighted by Crippen LogP contribution is 2.31. The molecule has 34 heavy (non-hydrogen) atoms. The van der Waals surface area contributed by atoms with E-state index in [4.69, 9.17) is 4.74 Å². The first-order valence-corrected chi connectivity index (χ1v) is 12.8. The topological polar surface area (TPSA) is 91.9 Å². The molecule has 0 spiro atoms. The van der Waals surface area contributed by atoms with Crippen LogP contribution in [0.15, 0.2) is 41.6 Å². The monoisotopic (exact) mass is 479 g/mol. The van der Waals surface area contributed by atoms with Gasteiger partial charge in [0.2, 0.25) is 10.0 Å². The third-order valence-corrected chi connectivity index (χ3v) is 9.10. The second-order valence-corrected chi connectivity index (χ2v) is 10.9. The van der Waals surface area contributed by atoms with Gasteiger partial charge in [-0.1, -0.05) is 12.1 Å². The molecule has 1 aromatic carbocycles. The number of aromatic nitrogens is 1. The van der Waals surface area contributed by atoms with Crippen LogP contribution in [0, 0.1) is 44.9 Å². The minimum Gasteiger partial charge on any atom is -0.460 e. The summed E-state index contributed by atoms with van der Waals surface area (Å²) >= 11 is 0. The van der Waals surface area contributed by atoms with Crippen molar-refractivity contribution in [2.45, 2.75) is 52.0 Å². The Morgan fingerprint density at radius 2 is 1.76 bits per heavy atom. The number of aryl methyl sites for hydroxylation is 2. The van der Waals surface area contributed by atoms with Gasteiger partial charge in [0.1, 0.15) is 12.7 Å². The Labute approximate surface area is 200 Å². The van der Waals surface area contributed by atoms with Crippen molar-refractivity contribution in [2.75, 3.05) is 13.1 Å². The average molecular weight is 480 g/mol. The van der Waals surface area contributed by atoms with Gasteiger partial charge in [-0.2, -0.15) is 9.57 Å². The minimum absolute atomic E-state index is 0.0167. The molecule has 1 aliphatic heterocycles. The molecule has 178 valence electrons. The van der Waals surface area contributed by atoms with E-state index < -0.39 is 10.0 Å². The highest BCUT2D eigenvalue weighted by molar-refractivity contribution is 7.89. The summed E-state index contributed by atoms with van der Waals surface area (Å²) in [7, 11) is -3.65. The molecule has 7 nitrogen and oxygen atoms in total. The predicted molar refractivity (Wildman–Crippen MR) is 129 cm³/mol. The molecule has 0 aliphatic carbocycles. The summed E-state index contributed by atoms with van der Waals surface area (Å²) in [5.41, 5.74) is 5.38. The van der Waals surface area contributed by atoms with Crippen molar-refractivity contribution < 1.29 is 17.9 Å². The number of hydrogen-bond donors (Lipinski definition) is 0. The van der Waals surface area contributed by atoms with Gasteiger partial charge >= 0.3 is 5.97 Å². The summed E-state index contributed by atoms with van der Waals surface area (Å²) in [6, 6.07) is 9.77. The molecule has 1 fully saturated rings. The van der Waals surface area contributed by atoms with Crippen LogP contribution in [0.5, 0.6) is 0 Å². The molecule has 0 N–H and O–H groups in total. The number of nitrogens with zero attached hydrogens (tertiary/aromatic N) is 3. The molecule has 4 rings (SSSR count). The van der Waals surface area contributed by atoms with E-state index in [0.717, 1.165) is 27.8 Å². The third-order valence-electron chi connectivity index (χ3n) is 6.93. The second-order valence-electron chi connectivity index (χ2n) is 9.01. The summed E-state index contributed by atoms with van der Waals surface area (Å²) in [6.07, 6.45) is 4.45. The fourth-order valence-electron chi connectivity index (χ4n) is 4.71. The first-order valence-electron chi connectivity index (χ1n) is 11.4. The standard InChI is InChI=1S/C26H29N3O4S/c1-17-13-18(2)20(4)25(19(17)3)34(31,32)29-11-8-21(9-12-29)26(30)33-16-22-15-28-10-6-5-7-24(28)23(22)14-27/h5-7,10,13,15,21H,8-9,11-12,16H2,1-4H3. The Kier molecular flexibility index (Phi) is 6.52. The Hall–Kier alpha value is -3.15. The van der Waals surface area contributed by atoms with Crippen LogP contribution in [0.25, 0.3) is 5.52 Å². The zero-order valence-corrected chi connectivity index (χ0v) is 20.8. The number of ether oxygens (including phenoxy) is 1. The first-order chi connectivity index (χ1) is 16.1. The van der Waals surface area contributed by atoms with Crippen LogP contribution in [0.2, 0.25) is 0 Å². The quantitative estimate of drug-likeness (QED) is 0.512. The van der Waals surface area contributed by atoms with Crippen LogP contribution < -0.4 is 0 Å². The van der Waals surface area contributed by atoms with Gasteiger partial charge in [0.05, 0.1) is 21.9 Å². The number of carbonyl (C=O) groups excluding carboxylic acids is 1. The van der Waals surface area contributed by atoms with Crippen molar-refractivity contribution in [3.05, 3.63) is 70.0 Å². The van der Waals surface area contributed by atoms with Crippen molar-refractivity contribution in [3.8, 4) is 6.07 Å². The molecule has 2 aromatic heterocycles. The van der Waals surface area contributed by atoms with E-state index in [1.54, 1.807) is 6.20 Å². The molecular formula is C26H29N3O4S. The number of rotatable bonds is 5. The number of piperidine rings is 1. The van der Waals surface area contributed by atoms with Crippen molar-refractivity contribution in [3.63, 3.8) is 0 Å². The highest BCUT2D eigenvalue weighted by atomic mass is 32.2. The summed E-state index contributed by atoms with van der Waals surface area (Å²) in [6.45, 7) is 8.10. The van der Waals surface area contributed by atoms with Gasteiger partial charge in [-0.25, -0.2) is 8.42 Å². The van der Waals surface area contributed by atoms with Gasteiger partial charge in [0.15, 0.2) is 0 Å². The zero-order valence-electron chi connectivity index (χ0n) is 20.0. The largest absolute Gasteiger partial charge is 0.460 e. The molecule has 1 aliphatic rings. The summed E-state index contributed by atoms with van der Waals surface area (Å²) < 4.78 is 35.8. The SMILES string of the molecule is Cc1cc(C)c(C)c(S(=O)(=O)N2CCC(C(=O)OCc3cn4ccccc4c3C#N)CC2)c1C. The Morgan fingerprint density at radius 3 is 2.38 bits per heavy atom. The number of pyridine rings is 1.